The van der Waals surface area contributed by atoms with Crippen LogP contribution in [0.5, 0.6) is 0 Å². The maximum Gasteiger partial charge on any atom is 0.230 e. The molecule has 0 fully saturated rings. The highest BCUT2D eigenvalue weighted by atomic mass is 79.9. The largest absolute Gasteiger partial charge is 0.367 e. The number of aryl methyl sites for hydroxylation is 1. The average Bonchev–Trinajstić information content (AvgIpc) is 2.84. The summed E-state index contributed by atoms with van der Waals surface area (Å²) in [6.07, 6.45) is 0. The second-order valence-electron chi connectivity index (χ2n) is 4.74. The van der Waals surface area contributed by atoms with Crippen molar-refractivity contribution in [2.45, 2.75) is 6.92 Å². The Labute approximate surface area is 135 Å². The van der Waals surface area contributed by atoms with Crippen molar-refractivity contribution in [3.05, 3.63) is 57.5 Å². The van der Waals surface area contributed by atoms with E-state index in [-0.39, 0.29) is 0 Å². The van der Waals surface area contributed by atoms with E-state index in [1.165, 1.54) is 0 Å². The first-order valence-corrected chi connectivity index (χ1v) is 7.51. The van der Waals surface area contributed by atoms with Crippen molar-refractivity contribution in [3.8, 4) is 22.4 Å². The molecule has 1 heterocycles. The van der Waals surface area contributed by atoms with E-state index >= 15 is 0 Å². The number of rotatable bonds is 2. The first-order valence-electron chi connectivity index (χ1n) is 6.34. The summed E-state index contributed by atoms with van der Waals surface area (Å²) in [5.74, 6) is 0.302. The van der Waals surface area contributed by atoms with Crippen LogP contribution in [-0.4, -0.2) is 5.16 Å². The highest BCUT2D eigenvalue weighted by Gasteiger charge is 2.18. The molecule has 0 saturated carbocycles. The van der Waals surface area contributed by atoms with Crippen molar-refractivity contribution in [2.24, 2.45) is 0 Å². The number of anilines is 1. The van der Waals surface area contributed by atoms with Gasteiger partial charge in [0.2, 0.25) is 5.88 Å². The molecule has 0 radical (unpaired) electrons. The Morgan fingerprint density at radius 1 is 1.14 bits per heavy atom. The van der Waals surface area contributed by atoms with Gasteiger partial charge in [-0.3, -0.25) is 0 Å². The lowest BCUT2D eigenvalue weighted by Gasteiger charge is -2.05. The minimum Gasteiger partial charge on any atom is -0.367 e. The summed E-state index contributed by atoms with van der Waals surface area (Å²) in [6.45, 7) is 1.95. The molecule has 2 N–H and O–H groups in total. The van der Waals surface area contributed by atoms with Gasteiger partial charge < -0.3 is 10.3 Å². The monoisotopic (exact) mass is 362 g/mol. The van der Waals surface area contributed by atoms with Crippen molar-refractivity contribution in [3.63, 3.8) is 0 Å². The van der Waals surface area contributed by atoms with Gasteiger partial charge in [-0.2, -0.15) is 0 Å². The fraction of sp³-hybridized carbons (Fsp3) is 0.0625. The number of hydrogen-bond donors (Lipinski definition) is 1. The molecule has 0 aliphatic heterocycles. The van der Waals surface area contributed by atoms with Crippen LogP contribution in [0, 0.1) is 6.92 Å². The molecule has 3 rings (SSSR count). The van der Waals surface area contributed by atoms with Crippen LogP contribution >= 0.6 is 27.5 Å². The highest BCUT2D eigenvalue weighted by Crippen LogP contribution is 2.37. The third-order valence-electron chi connectivity index (χ3n) is 3.26. The molecule has 5 heteroatoms. The van der Waals surface area contributed by atoms with E-state index in [1.807, 2.05) is 49.4 Å². The third-order valence-corrected chi connectivity index (χ3v) is 4.18. The Morgan fingerprint density at radius 2 is 1.95 bits per heavy atom. The quantitative estimate of drug-likeness (QED) is 0.671. The lowest BCUT2D eigenvalue weighted by atomic mass is 10.00. The van der Waals surface area contributed by atoms with E-state index in [1.54, 1.807) is 0 Å². The van der Waals surface area contributed by atoms with E-state index in [2.05, 4.69) is 21.1 Å². The van der Waals surface area contributed by atoms with E-state index in [9.17, 15) is 0 Å². The van der Waals surface area contributed by atoms with Crippen LogP contribution in [-0.2, 0) is 0 Å². The summed E-state index contributed by atoms with van der Waals surface area (Å²) in [7, 11) is 0. The zero-order valence-electron chi connectivity index (χ0n) is 11.2. The molecule has 0 saturated heterocycles. The van der Waals surface area contributed by atoms with E-state index in [4.69, 9.17) is 21.9 Å². The summed E-state index contributed by atoms with van der Waals surface area (Å²) in [5, 5.41) is 4.83. The van der Waals surface area contributed by atoms with Gasteiger partial charge in [-0.05, 0) is 42.3 Å². The second-order valence-corrected chi connectivity index (χ2v) is 6.07. The normalized spacial score (nSPS) is 10.8. The molecule has 3 nitrogen and oxygen atoms in total. The maximum absolute atomic E-state index is 6.08. The van der Waals surface area contributed by atoms with Crippen LogP contribution in [0.4, 0.5) is 5.88 Å². The van der Waals surface area contributed by atoms with Crippen molar-refractivity contribution in [2.75, 3.05) is 5.73 Å². The fourth-order valence-electron chi connectivity index (χ4n) is 2.21. The molecular formula is C16H12BrClN2O. The Kier molecular flexibility index (Phi) is 3.74. The number of benzene rings is 2. The van der Waals surface area contributed by atoms with Gasteiger partial charge in [-0.15, -0.1) is 0 Å². The predicted octanol–water partition coefficient (Wildman–Crippen LogP) is 5.32. The third kappa shape index (κ3) is 2.69. The molecule has 0 aliphatic rings. The zero-order valence-corrected chi connectivity index (χ0v) is 13.6. The van der Waals surface area contributed by atoms with Crippen molar-refractivity contribution >= 4 is 33.4 Å². The Hall–Kier alpha value is -1.78. The van der Waals surface area contributed by atoms with Gasteiger partial charge in [0.15, 0.2) is 0 Å². The number of halogens is 2. The minimum atomic E-state index is 0.302. The Bertz CT molecular complexity index is 814. The molecule has 106 valence electrons. The van der Waals surface area contributed by atoms with Crippen molar-refractivity contribution in [1.29, 1.82) is 0 Å². The molecular weight excluding hydrogens is 352 g/mol. The van der Waals surface area contributed by atoms with Crippen molar-refractivity contribution < 1.29 is 4.52 Å². The fourth-order valence-corrected chi connectivity index (χ4v) is 2.73. The van der Waals surface area contributed by atoms with Gasteiger partial charge in [-0.25, -0.2) is 0 Å². The van der Waals surface area contributed by atoms with Gasteiger partial charge in [0.05, 0.1) is 5.56 Å². The molecule has 0 amide bonds. The van der Waals surface area contributed by atoms with Crippen LogP contribution in [0.2, 0.25) is 5.02 Å². The van der Waals surface area contributed by atoms with E-state index < -0.39 is 0 Å². The zero-order chi connectivity index (χ0) is 15.0. The SMILES string of the molecule is Cc1cc(-c2noc(N)c2-c2cccc(Br)c2)ccc1Cl. The van der Waals surface area contributed by atoms with Gasteiger partial charge in [0.25, 0.3) is 0 Å². The lowest BCUT2D eigenvalue weighted by molar-refractivity contribution is 0.439. The van der Waals surface area contributed by atoms with Crippen LogP contribution < -0.4 is 5.73 Å². The standard InChI is InChI=1S/C16H12BrClN2O/c1-9-7-11(5-6-13(9)18)15-14(16(19)21-20-15)10-3-2-4-12(17)8-10/h2-8H,19H2,1H3. The van der Waals surface area contributed by atoms with Crippen LogP contribution in [0.25, 0.3) is 22.4 Å². The first kappa shape index (κ1) is 14.2. The number of nitrogen functional groups attached to an aromatic ring is 1. The summed E-state index contributed by atoms with van der Waals surface area (Å²) in [4.78, 5) is 0. The number of aromatic nitrogens is 1. The van der Waals surface area contributed by atoms with Crippen LogP contribution in [0.1, 0.15) is 5.56 Å². The second kappa shape index (κ2) is 5.54. The minimum absolute atomic E-state index is 0.302. The van der Waals surface area contributed by atoms with Crippen LogP contribution in [0.3, 0.4) is 0 Å². The smallest absolute Gasteiger partial charge is 0.230 e. The summed E-state index contributed by atoms with van der Waals surface area (Å²) in [5.41, 5.74) is 10.3. The molecule has 0 atom stereocenters. The first-order chi connectivity index (χ1) is 10.1. The number of hydrogen-bond acceptors (Lipinski definition) is 3. The molecule has 0 aliphatic carbocycles. The predicted molar refractivity (Wildman–Crippen MR) is 89.2 cm³/mol. The van der Waals surface area contributed by atoms with Gasteiger partial charge >= 0.3 is 0 Å². The molecule has 1 aromatic heterocycles. The summed E-state index contributed by atoms with van der Waals surface area (Å²) in [6, 6.07) is 13.6. The topological polar surface area (TPSA) is 52.0 Å². The van der Waals surface area contributed by atoms with E-state index in [0.29, 0.717) is 11.6 Å². The van der Waals surface area contributed by atoms with Gasteiger partial charge in [0, 0.05) is 15.1 Å². The number of nitrogens with zero attached hydrogens (tertiary/aromatic N) is 1. The van der Waals surface area contributed by atoms with Crippen molar-refractivity contribution in [1.82, 2.24) is 5.16 Å². The lowest BCUT2D eigenvalue weighted by Crippen LogP contribution is -1.88. The van der Waals surface area contributed by atoms with Gasteiger partial charge in [0.1, 0.15) is 5.69 Å². The highest BCUT2D eigenvalue weighted by molar-refractivity contribution is 9.10. The summed E-state index contributed by atoms with van der Waals surface area (Å²) < 4.78 is 6.17. The number of nitrogens with two attached hydrogens (primary N) is 1. The average molecular weight is 364 g/mol. The van der Waals surface area contributed by atoms with E-state index in [0.717, 1.165) is 31.7 Å². The molecule has 21 heavy (non-hydrogen) atoms. The van der Waals surface area contributed by atoms with Gasteiger partial charge in [-0.1, -0.05) is 50.9 Å². The molecule has 2 aromatic carbocycles. The Morgan fingerprint density at radius 3 is 2.67 bits per heavy atom. The molecule has 3 aromatic rings. The maximum atomic E-state index is 6.08. The molecule has 0 unspecified atom stereocenters. The molecule has 0 bridgehead atoms. The molecule has 0 spiro atoms. The summed E-state index contributed by atoms with van der Waals surface area (Å²) >= 11 is 9.54. The van der Waals surface area contributed by atoms with Crippen LogP contribution in [0.15, 0.2) is 51.5 Å². The Balaban J connectivity index is 2.19.